The fourth-order valence-corrected chi connectivity index (χ4v) is 5.79. The van der Waals surface area contributed by atoms with Crippen molar-refractivity contribution in [3.8, 4) is 0 Å². The number of hydrogen-bond donors (Lipinski definition) is 2. The quantitative estimate of drug-likeness (QED) is 0.327. The molecule has 39 heavy (non-hydrogen) atoms. The molecule has 2 N–H and O–H groups in total. The minimum Gasteiger partial charge on any atom is -0.459 e. The van der Waals surface area contributed by atoms with Gasteiger partial charge in [-0.2, -0.15) is 0 Å². The van der Waals surface area contributed by atoms with Crippen molar-refractivity contribution in [2.75, 3.05) is 0 Å². The third kappa shape index (κ3) is 6.97. The minimum atomic E-state index is -1.60. The molecule has 0 saturated heterocycles. The van der Waals surface area contributed by atoms with Gasteiger partial charge in [0, 0.05) is 37.5 Å². The number of benzene rings is 1. The number of esters is 3. The van der Waals surface area contributed by atoms with Gasteiger partial charge in [0.15, 0.2) is 0 Å². The standard InChI is InChI=1S/C31H42O8/c1-18-13-14-30(6,7)26(34)16-25(37-21(4)32)19(2)15-24-27(39-29(35)23-11-9-8-10-12-23)20(3)17-31(24,36)28(18)38-22(5)33/h8-15,18,20,24-28,34,36H,16-17H2,1-7H3/b14-13+,19-15+/t18-,20-,24-,25+,26+,27-,28-,31+/m0/s1. The van der Waals surface area contributed by atoms with E-state index in [2.05, 4.69) is 0 Å². The van der Waals surface area contributed by atoms with E-state index < -0.39 is 65.2 Å². The Morgan fingerprint density at radius 3 is 2.18 bits per heavy atom. The van der Waals surface area contributed by atoms with Crippen LogP contribution in [0.15, 0.2) is 54.1 Å². The van der Waals surface area contributed by atoms with Crippen molar-refractivity contribution in [1.82, 2.24) is 0 Å². The van der Waals surface area contributed by atoms with Crippen molar-refractivity contribution in [2.45, 2.75) is 91.3 Å². The molecule has 8 heteroatoms. The van der Waals surface area contributed by atoms with Gasteiger partial charge in [0.25, 0.3) is 0 Å². The summed E-state index contributed by atoms with van der Waals surface area (Å²) in [6.45, 7) is 11.8. The lowest BCUT2D eigenvalue weighted by Crippen LogP contribution is -2.52. The van der Waals surface area contributed by atoms with Crippen molar-refractivity contribution in [1.29, 1.82) is 0 Å². The van der Waals surface area contributed by atoms with E-state index in [1.165, 1.54) is 13.8 Å². The van der Waals surface area contributed by atoms with Crippen LogP contribution in [-0.2, 0) is 23.8 Å². The predicted molar refractivity (Wildman–Crippen MR) is 145 cm³/mol. The Balaban J connectivity index is 2.16. The van der Waals surface area contributed by atoms with Gasteiger partial charge in [-0.05, 0) is 37.0 Å². The largest absolute Gasteiger partial charge is 0.459 e. The highest BCUT2D eigenvalue weighted by Gasteiger charge is 2.58. The second-order valence-electron chi connectivity index (χ2n) is 11.8. The zero-order valence-corrected chi connectivity index (χ0v) is 23.9. The van der Waals surface area contributed by atoms with E-state index in [4.69, 9.17) is 14.2 Å². The third-order valence-corrected chi connectivity index (χ3v) is 8.04. The van der Waals surface area contributed by atoms with Crippen LogP contribution in [0.4, 0.5) is 0 Å². The van der Waals surface area contributed by atoms with Crippen molar-refractivity contribution in [3.05, 3.63) is 59.7 Å². The van der Waals surface area contributed by atoms with E-state index >= 15 is 0 Å². The highest BCUT2D eigenvalue weighted by Crippen LogP contribution is 2.48. The van der Waals surface area contributed by atoms with Crippen LogP contribution in [0.2, 0.25) is 0 Å². The Kier molecular flexibility index (Phi) is 9.44. The Morgan fingerprint density at radius 1 is 0.974 bits per heavy atom. The van der Waals surface area contributed by atoms with E-state index in [0.717, 1.165) is 0 Å². The summed E-state index contributed by atoms with van der Waals surface area (Å²) in [5, 5.41) is 23.5. The number of hydrogen-bond acceptors (Lipinski definition) is 8. The SMILES string of the molecule is CC(=O)O[C@@H]1C[C@@H](O)C(C)(C)/C=C/[C@H](C)[C@H](OC(C)=O)[C@@]2(O)C[C@H](C)[C@H](OC(=O)c3ccccc3)[C@@H]2/C=C/1C. The first-order valence-corrected chi connectivity index (χ1v) is 13.5. The molecule has 0 amide bonds. The number of carbonyl (C=O) groups excluding carboxylic acids is 3. The molecular weight excluding hydrogens is 500 g/mol. The third-order valence-electron chi connectivity index (χ3n) is 8.04. The van der Waals surface area contributed by atoms with Crippen LogP contribution >= 0.6 is 0 Å². The van der Waals surface area contributed by atoms with Crippen LogP contribution in [0.25, 0.3) is 0 Å². The molecule has 1 fully saturated rings. The maximum atomic E-state index is 13.1. The average Bonchev–Trinajstić information content (AvgIpc) is 3.09. The normalized spacial score (nSPS) is 36.6. The van der Waals surface area contributed by atoms with Crippen molar-refractivity contribution in [2.24, 2.45) is 23.2 Å². The zero-order chi connectivity index (χ0) is 29.1. The Labute approximate surface area is 231 Å². The summed E-state index contributed by atoms with van der Waals surface area (Å²) in [6.07, 6.45) is 2.40. The van der Waals surface area contributed by atoms with E-state index in [9.17, 15) is 24.6 Å². The molecule has 2 aliphatic rings. The van der Waals surface area contributed by atoms with Crippen LogP contribution in [0.5, 0.6) is 0 Å². The van der Waals surface area contributed by atoms with E-state index in [0.29, 0.717) is 11.1 Å². The lowest BCUT2D eigenvalue weighted by molar-refractivity contribution is -0.173. The predicted octanol–water partition coefficient (Wildman–Crippen LogP) is 4.39. The zero-order valence-electron chi connectivity index (χ0n) is 23.9. The molecule has 0 aromatic heterocycles. The molecule has 8 atom stereocenters. The van der Waals surface area contributed by atoms with Crippen LogP contribution < -0.4 is 0 Å². The average molecular weight is 543 g/mol. The molecule has 1 saturated carbocycles. The number of carbonyl (C=O) groups is 3. The highest BCUT2D eigenvalue weighted by atomic mass is 16.6. The second-order valence-corrected chi connectivity index (χ2v) is 11.8. The van der Waals surface area contributed by atoms with Crippen LogP contribution in [-0.4, -0.2) is 58.1 Å². The number of aliphatic hydroxyl groups excluding tert-OH is 1. The molecule has 0 aliphatic heterocycles. The van der Waals surface area contributed by atoms with Gasteiger partial charge >= 0.3 is 17.9 Å². The number of aliphatic hydroxyl groups is 2. The molecule has 1 aromatic carbocycles. The van der Waals surface area contributed by atoms with Gasteiger partial charge in [-0.15, -0.1) is 0 Å². The lowest BCUT2D eigenvalue weighted by Gasteiger charge is -2.40. The van der Waals surface area contributed by atoms with Crippen molar-refractivity contribution >= 4 is 17.9 Å². The summed E-state index contributed by atoms with van der Waals surface area (Å²) >= 11 is 0. The summed E-state index contributed by atoms with van der Waals surface area (Å²) in [5.41, 5.74) is -1.33. The fraction of sp³-hybridized carbons (Fsp3) is 0.581. The molecule has 3 rings (SSSR count). The summed E-state index contributed by atoms with van der Waals surface area (Å²) in [4.78, 5) is 37.4. The Bertz CT molecular complexity index is 1110. The number of ether oxygens (including phenoxy) is 3. The molecule has 0 radical (unpaired) electrons. The molecule has 2 aliphatic carbocycles. The second kappa shape index (κ2) is 12.0. The van der Waals surface area contributed by atoms with Gasteiger partial charge in [0.1, 0.15) is 23.9 Å². The number of fused-ring (bicyclic) bond motifs is 1. The Morgan fingerprint density at radius 2 is 1.59 bits per heavy atom. The lowest BCUT2D eigenvalue weighted by atomic mass is 9.75. The van der Waals surface area contributed by atoms with Gasteiger partial charge in [0.05, 0.1) is 11.7 Å². The van der Waals surface area contributed by atoms with Gasteiger partial charge in [-0.25, -0.2) is 4.79 Å². The van der Waals surface area contributed by atoms with E-state index in [1.54, 1.807) is 43.3 Å². The first-order chi connectivity index (χ1) is 18.2. The maximum Gasteiger partial charge on any atom is 0.338 e. The fourth-order valence-electron chi connectivity index (χ4n) is 5.79. The monoisotopic (exact) mass is 542 g/mol. The Hall–Kier alpha value is -2.97. The minimum absolute atomic E-state index is 0.135. The summed E-state index contributed by atoms with van der Waals surface area (Å²) in [5.74, 6) is -3.09. The first kappa shape index (κ1) is 30.6. The number of rotatable bonds is 4. The molecule has 0 bridgehead atoms. The maximum absolute atomic E-state index is 13.1. The van der Waals surface area contributed by atoms with Gasteiger partial charge in [-0.3, -0.25) is 9.59 Å². The van der Waals surface area contributed by atoms with Crippen molar-refractivity contribution < 1.29 is 38.8 Å². The summed E-state index contributed by atoms with van der Waals surface area (Å²) in [6, 6.07) is 8.60. The molecule has 214 valence electrons. The molecule has 1 aromatic rings. The van der Waals surface area contributed by atoms with Crippen LogP contribution in [0, 0.1) is 23.2 Å². The van der Waals surface area contributed by atoms with Gasteiger partial charge < -0.3 is 24.4 Å². The van der Waals surface area contributed by atoms with Crippen molar-refractivity contribution in [3.63, 3.8) is 0 Å². The summed E-state index contributed by atoms with van der Waals surface area (Å²) in [7, 11) is 0. The van der Waals surface area contributed by atoms with E-state index in [-0.39, 0.29) is 18.8 Å². The summed E-state index contributed by atoms with van der Waals surface area (Å²) < 4.78 is 17.4. The van der Waals surface area contributed by atoms with E-state index in [1.807, 2.05) is 39.8 Å². The van der Waals surface area contributed by atoms with Gasteiger partial charge in [-0.1, -0.05) is 64.1 Å². The molecule has 0 heterocycles. The van der Waals surface area contributed by atoms with Gasteiger partial charge in [0.2, 0.25) is 0 Å². The topological polar surface area (TPSA) is 119 Å². The molecule has 0 unspecified atom stereocenters. The van der Waals surface area contributed by atoms with Crippen LogP contribution in [0.1, 0.15) is 71.7 Å². The highest BCUT2D eigenvalue weighted by molar-refractivity contribution is 5.89. The smallest absolute Gasteiger partial charge is 0.338 e. The molecule has 8 nitrogen and oxygen atoms in total. The molecule has 0 spiro atoms. The molecular formula is C31H42O8. The first-order valence-electron chi connectivity index (χ1n) is 13.5. The van der Waals surface area contributed by atoms with Crippen LogP contribution in [0.3, 0.4) is 0 Å².